The lowest BCUT2D eigenvalue weighted by Crippen LogP contribution is -2.56. The quantitative estimate of drug-likeness (QED) is 0.159. The van der Waals surface area contributed by atoms with Gasteiger partial charge in [-0.2, -0.15) is 0 Å². The van der Waals surface area contributed by atoms with E-state index in [0.29, 0.717) is 11.3 Å². The summed E-state index contributed by atoms with van der Waals surface area (Å²) < 4.78 is 0. The molecule has 0 aliphatic rings. The number of H-pyrrole nitrogens is 2. The fourth-order valence-corrected chi connectivity index (χ4v) is 4.07. The third-order valence-corrected chi connectivity index (χ3v) is 6.05. The number of hydrogen-bond donors (Lipinski definition) is 7. The van der Waals surface area contributed by atoms with Crippen LogP contribution in [0.2, 0.25) is 0 Å². The first-order valence-electron chi connectivity index (χ1n) is 11.7. The molecule has 0 bridgehead atoms. The number of nitrogens with zero attached hydrogens (tertiary/aromatic N) is 1. The molecule has 2 amide bonds. The summed E-state index contributed by atoms with van der Waals surface area (Å²) >= 11 is 0. The van der Waals surface area contributed by atoms with Crippen molar-refractivity contribution < 1.29 is 24.6 Å². The lowest BCUT2D eigenvalue weighted by Gasteiger charge is -2.23. The van der Waals surface area contributed by atoms with Gasteiger partial charge in [-0.1, -0.05) is 30.3 Å². The van der Waals surface area contributed by atoms with E-state index in [-0.39, 0.29) is 25.0 Å². The molecule has 2 heterocycles. The number of aromatic nitrogens is 3. The van der Waals surface area contributed by atoms with Gasteiger partial charge in [0, 0.05) is 41.8 Å². The summed E-state index contributed by atoms with van der Waals surface area (Å²) in [5, 5.41) is 25.3. The Hall–Kier alpha value is -4.64. The van der Waals surface area contributed by atoms with Gasteiger partial charge < -0.3 is 36.5 Å². The standard InChI is InChI=1S/C26H28N6O5/c27-20(10-16-12-29-21-4-2-1-3-19(16)21)24(34)31-22(11-17-13-28-14-30-17)25(35)32-23(26(36)37)9-15-5-7-18(33)8-6-15/h1-8,12-14,20,22-23,29,33H,9-11,27H2,(H,28,30)(H,31,34)(H,32,35)(H,36,37)/t20-,22-,23-/m0/s1. The molecule has 4 rings (SSSR count). The van der Waals surface area contributed by atoms with Crippen molar-refractivity contribution in [2.24, 2.45) is 5.73 Å². The van der Waals surface area contributed by atoms with Gasteiger partial charge in [0.25, 0.3) is 0 Å². The van der Waals surface area contributed by atoms with E-state index in [1.54, 1.807) is 18.3 Å². The molecule has 0 aliphatic carbocycles. The van der Waals surface area contributed by atoms with Crippen molar-refractivity contribution in [3.8, 4) is 5.75 Å². The second kappa shape index (κ2) is 11.4. The minimum absolute atomic E-state index is 0.00778. The summed E-state index contributed by atoms with van der Waals surface area (Å²) in [6.45, 7) is 0. The molecule has 8 N–H and O–H groups in total. The van der Waals surface area contributed by atoms with Crippen LogP contribution in [-0.2, 0) is 33.6 Å². The largest absolute Gasteiger partial charge is 0.508 e. The Morgan fingerprint density at radius 3 is 2.35 bits per heavy atom. The van der Waals surface area contributed by atoms with Gasteiger partial charge in [0.15, 0.2) is 0 Å². The van der Waals surface area contributed by atoms with Gasteiger partial charge >= 0.3 is 5.97 Å². The molecule has 11 nitrogen and oxygen atoms in total. The number of aliphatic carboxylic acids is 1. The van der Waals surface area contributed by atoms with E-state index in [9.17, 15) is 24.6 Å². The summed E-state index contributed by atoms with van der Waals surface area (Å²) in [6.07, 6.45) is 5.05. The number of benzene rings is 2. The van der Waals surface area contributed by atoms with Crippen molar-refractivity contribution in [2.45, 2.75) is 37.4 Å². The third kappa shape index (κ3) is 6.53. The molecular weight excluding hydrogens is 476 g/mol. The van der Waals surface area contributed by atoms with E-state index < -0.39 is 35.9 Å². The molecule has 0 fully saturated rings. The predicted octanol–water partition coefficient (Wildman–Crippen LogP) is 1.01. The second-order valence-corrected chi connectivity index (χ2v) is 8.78. The molecular formula is C26H28N6O5. The Labute approximate surface area is 212 Å². The summed E-state index contributed by atoms with van der Waals surface area (Å²) in [5.74, 6) is -2.40. The number of rotatable bonds is 11. The number of nitrogens with one attached hydrogen (secondary N) is 4. The van der Waals surface area contributed by atoms with Gasteiger partial charge in [-0.3, -0.25) is 9.59 Å². The van der Waals surface area contributed by atoms with E-state index in [2.05, 4.69) is 25.6 Å². The van der Waals surface area contributed by atoms with Crippen LogP contribution in [0, 0.1) is 0 Å². The van der Waals surface area contributed by atoms with Crippen LogP contribution >= 0.6 is 0 Å². The number of carbonyl (C=O) groups is 3. The maximum atomic E-state index is 13.2. The first kappa shape index (κ1) is 25.5. The third-order valence-electron chi connectivity index (χ3n) is 6.05. The fraction of sp³-hybridized carbons (Fsp3) is 0.231. The number of para-hydroxylation sites is 1. The topological polar surface area (TPSA) is 186 Å². The number of amides is 2. The van der Waals surface area contributed by atoms with Gasteiger partial charge in [0.1, 0.15) is 17.8 Å². The molecule has 0 unspecified atom stereocenters. The Balaban J connectivity index is 1.46. The van der Waals surface area contributed by atoms with E-state index in [0.717, 1.165) is 16.5 Å². The van der Waals surface area contributed by atoms with Crippen LogP contribution in [0.15, 0.2) is 67.3 Å². The number of carbonyl (C=O) groups excluding carboxylic acids is 2. The molecule has 4 aromatic rings. The van der Waals surface area contributed by atoms with Gasteiger partial charge in [-0.05, 0) is 35.7 Å². The number of carboxylic acid groups (broad SMARTS) is 1. The number of fused-ring (bicyclic) bond motifs is 1. The Morgan fingerprint density at radius 2 is 1.65 bits per heavy atom. The number of aromatic hydroxyl groups is 1. The smallest absolute Gasteiger partial charge is 0.326 e. The van der Waals surface area contributed by atoms with Gasteiger partial charge in [-0.25, -0.2) is 9.78 Å². The highest BCUT2D eigenvalue weighted by Crippen LogP contribution is 2.19. The average molecular weight is 505 g/mol. The lowest BCUT2D eigenvalue weighted by molar-refractivity contribution is -0.142. The minimum Gasteiger partial charge on any atom is -0.508 e. The normalized spacial score (nSPS) is 13.5. The van der Waals surface area contributed by atoms with Crippen molar-refractivity contribution in [1.29, 1.82) is 0 Å². The number of nitrogens with two attached hydrogens (primary N) is 1. The molecule has 3 atom stereocenters. The Bertz CT molecular complexity index is 1370. The molecule has 0 saturated carbocycles. The van der Waals surface area contributed by atoms with Crippen molar-refractivity contribution in [2.75, 3.05) is 0 Å². The van der Waals surface area contributed by atoms with E-state index in [1.165, 1.54) is 24.7 Å². The molecule has 0 radical (unpaired) electrons. The van der Waals surface area contributed by atoms with Crippen molar-refractivity contribution in [1.82, 2.24) is 25.6 Å². The minimum atomic E-state index is -1.25. The highest BCUT2D eigenvalue weighted by molar-refractivity contribution is 5.92. The zero-order valence-corrected chi connectivity index (χ0v) is 19.8. The van der Waals surface area contributed by atoms with Crippen LogP contribution in [0.1, 0.15) is 16.8 Å². The molecule has 37 heavy (non-hydrogen) atoms. The van der Waals surface area contributed by atoms with Crippen LogP contribution in [0.5, 0.6) is 5.75 Å². The first-order valence-corrected chi connectivity index (χ1v) is 11.7. The maximum absolute atomic E-state index is 13.2. The molecule has 2 aromatic heterocycles. The Morgan fingerprint density at radius 1 is 0.919 bits per heavy atom. The first-order chi connectivity index (χ1) is 17.8. The highest BCUT2D eigenvalue weighted by atomic mass is 16.4. The van der Waals surface area contributed by atoms with E-state index in [4.69, 9.17) is 5.73 Å². The van der Waals surface area contributed by atoms with Crippen LogP contribution < -0.4 is 16.4 Å². The zero-order chi connectivity index (χ0) is 26.4. The van der Waals surface area contributed by atoms with E-state index >= 15 is 0 Å². The van der Waals surface area contributed by atoms with Crippen LogP contribution in [0.4, 0.5) is 0 Å². The van der Waals surface area contributed by atoms with Gasteiger partial charge in [0.05, 0.1) is 12.4 Å². The molecule has 0 spiro atoms. The number of carboxylic acids is 1. The number of phenols is 1. The summed E-state index contributed by atoms with van der Waals surface area (Å²) in [5.41, 5.74) is 9.18. The number of hydrogen-bond acceptors (Lipinski definition) is 6. The second-order valence-electron chi connectivity index (χ2n) is 8.78. The van der Waals surface area contributed by atoms with Crippen LogP contribution in [0.25, 0.3) is 10.9 Å². The highest BCUT2D eigenvalue weighted by Gasteiger charge is 2.29. The van der Waals surface area contributed by atoms with Crippen LogP contribution in [0.3, 0.4) is 0 Å². The zero-order valence-electron chi connectivity index (χ0n) is 19.8. The number of aromatic amines is 2. The molecule has 192 valence electrons. The van der Waals surface area contributed by atoms with Crippen molar-refractivity contribution in [3.63, 3.8) is 0 Å². The summed E-state index contributed by atoms with van der Waals surface area (Å²) in [6, 6.07) is 10.4. The molecule has 0 saturated heterocycles. The van der Waals surface area contributed by atoms with Gasteiger partial charge in [0.2, 0.25) is 11.8 Å². The summed E-state index contributed by atoms with van der Waals surface area (Å²) in [4.78, 5) is 48.0. The van der Waals surface area contributed by atoms with Crippen LogP contribution in [-0.4, -0.2) is 61.1 Å². The maximum Gasteiger partial charge on any atom is 0.326 e. The van der Waals surface area contributed by atoms with Crippen molar-refractivity contribution in [3.05, 3.63) is 84.1 Å². The average Bonchev–Trinajstić information content (AvgIpc) is 3.54. The molecule has 2 aromatic carbocycles. The molecule has 0 aliphatic heterocycles. The number of imidazole rings is 1. The summed E-state index contributed by atoms with van der Waals surface area (Å²) in [7, 11) is 0. The van der Waals surface area contributed by atoms with Gasteiger partial charge in [-0.15, -0.1) is 0 Å². The molecule has 11 heteroatoms. The predicted molar refractivity (Wildman–Crippen MR) is 136 cm³/mol. The van der Waals surface area contributed by atoms with Crippen molar-refractivity contribution >= 4 is 28.7 Å². The monoisotopic (exact) mass is 504 g/mol. The Kier molecular flexibility index (Phi) is 7.84. The van der Waals surface area contributed by atoms with E-state index in [1.807, 2.05) is 24.3 Å². The lowest BCUT2D eigenvalue weighted by atomic mass is 10.0. The SMILES string of the molecule is N[C@@H](Cc1c[nH]c2ccccc12)C(=O)N[C@@H](Cc1cnc[nH]1)C(=O)N[C@@H](Cc1ccc(O)cc1)C(=O)O. The fourth-order valence-electron chi connectivity index (χ4n) is 4.07. The number of phenolic OH excluding ortho intramolecular Hbond substituents is 1.